The Morgan fingerprint density at radius 1 is 0.639 bits per heavy atom. The van der Waals surface area contributed by atoms with Crippen LogP contribution in [0.1, 0.15) is 31.1 Å². The molecule has 1 aliphatic rings. The van der Waals surface area contributed by atoms with E-state index >= 15 is 0 Å². The fourth-order valence-electron chi connectivity index (χ4n) is 3.98. The number of carbonyl (C=O) groups is 3. The van der Waals surface area contributed by atoms with Gasteiger partial charge in [-0.3, -0.25) is 0 Å². The Labute approximate surface area is 209 Å². The summed E-state index contributed by atoms with van der Waals surface area (Å²) < 4.78 is 23.1. The van der Waals surface area contributed by atoms with Crippen LogP contribution in [0, 0.1) is 0 Å². The zero-order valence-corrected chi connectivity index (χ0v) is 19.6. The van der Waals surface area contributed by atoms with Crippen molar-refractivity contribution in [3.63, 3.8) is 0 Å². The summed E-state index contributed by atoms with van der Waals surface area (Å²) in [5, 5.41) is 10.0. The van der Waals surface area contributed by atoms with E-state index in [1.807, 2.05) is 0 Å². The van der Waals surface area contributed by atoms with Gasteiger partial charge in [0, 0.05) is 0 Å². The first-order valence-corrected chi connectivity index (χ1v) is 11.5. The van der Waals surface area contributed by atoms with Crippen molar-refractivity contribution >= 4 is 25.8 Å². The van der Waals surface area contributed by atoms with Crippen LogP contribution in [0.25, 0.3) is 0 Å². The van der Waals surface area contributed by atoms with Crippen LogP contribution in [-0.2, 0) is 18.9 Å². The third-order valence-electron chi connectivity index (χ3n) is 5.80. The molecular formula is C27H25BO8. The van der Waals surface area contributed by atoms with Crippen LogP contribution in [0.15, 0.2) is 91.0 Å². The molecule has 8 nitrogen and oxygen atoms in total. The van der Waals surface area contributed by atoms with Gasteiger partial charge < -0.3 is 24.1 Å². The fourth-order valence-corrected chi connectivity index (χ4v) is 3.98. The molecule has 1 N–H and O–H groups in total. The minimum atomic E-state index is -1.25. The second-order valence-electron chi connectivity index (χ2n) is 8.27. The lowest BCUT2D eigenvalue weighted by Crippen LogP contribution is -2.62. The van der Waals surface area contributed by atoms with Gasteiger partial charge in [0.2, 0.25) is 0 Å². The number of carbonyl (C=O) groups excluding carboxylic acids is 3. The van der Waals surface area contributed by atoms with Crippen LogP contribution in [0.4, 0.5) is 0 Å². The highest BCUT2D eigenvalue weighted by Crippen LogP contribution is 2.29. The molecule has 3 aromatic carbocycles. The van der Waals surface area contributed by atoms with Crippen molar-refractivity contribution in [2.75, 3.05) is 6.61 Å². The lowest BCUT2D eigenvalue weighted by molar-refractivity contribution is -0.209. The van der Waals surface area contributed by atoms with E-state index in [1.165, 1.54) is 0 Å². The van der Waals surface area contributed by atoms with Gasteiger partial charge in [-0.25, -0.2) is 14.4 Å². The maximum atomic E-state index is 13.0. The zero-order chi connectivity index (χ0) is 25.5. The first kappa shape index (κ1) is 25.2. The lowest BCUT2D eigenvalue weighted by atomic mass is 9.84. The Balaban J connectivity index is 1.66. The Bertz CT molecular complexity index is 1170. The molecule has 36 heavy (non-hydrogen) atoms. The number of aliphatic hydroxyl groups excluding tert-OH is 1. The molecule has 0 aromatic heterocycles. The normalized spacial score (nSPS) is 23.3. The first-order valence-electron chi connectivity index (χ1n) is 11.5. The van der Waals surface area contributed by atoms with Gasteiger partial charge in [0.05, 0.1) is 29.3 Å². The van der Waals surface area contributed by atoms with Gasteiger partial charge in [0.1, 0.15) is 14.0 Å². The minimum Gasteiger partial charge on any atom is -0.453 e. The van der Waals surface area contributed by atoms with Gasteiger partial charge in [0.15, 0.2) is 18.3 Å². The average molecular weight is 488 g/mol. The fraction of sp³-hybridized carbons (Fsp3) is 0.222. The van der Waals surface area contributed by atoms with E-state index in [2.05, 4.69) is 0 Å². The standard InChI is InChI=1S/C27H25BO8/c28-24-23(36-27(32)19-14-8-3-9-15-19)22(35-26(31)18-12-6-2-7-13-18)21(20(16-29)33-24)34-25(30)17-10-4-1-5-11-17/h1-15,20-24,29H,16,28H2/t20?,21-,22?,23?,24+/m1/s1. The van der Waals surface area contributed by atoms with Crippen molar-refractivity contribution in [2.24, 2.45) is 0 Å². The molecule has 1 aliphatic heterocycles. The summed E-state index contributed by atoms with van der Waals surface area (Å²) >= 11 is 0. The molecule has 1 saturated heterocycles. The maximum Gasteiger partial charge on any atom is 0.338 e. The topological polar surface area (TPSA) is 108 Å². The summed E-state index contributed by atoms with van der Waals surface area (Å²) in [4.78, 5) is 38.8. The molecular weight excluding hydrogens is 463 g/mol. The molecule has 1 fully saturated rings. The summed E-state index contributed by atoms with van der Waals surface area (Å²) in [7, 11) is 1.63. The Kier molecular flexibility index (Phi) is 8.15. The molecule has 5 atom stereocenters. The van der Waals surface area contributed by atoms with E-state index in [0.717, 1.165) is 0 Å². The molecule has 9 heteroatoms. The smallest absolute Gasteiger partial charge is 0.338 e. The van der Waals surface area contributed by atoms with Crippen LogP contribution < -0.4 is 0 Å². The summed E-state index contributed by atoms with van der Waals surface area (Å²) in [5.41, 5.74) is 0.817. The Morgan fingerprint density at radius 2 is 1.00 bits per heavy atom. The van der Waals surface area contributed by atoms with Crippen LogP contribution >= 0.6 is 0 Å². The van der Waals surface area contributed by atoms with Crippen LogP contribution in [0.5, 0.6) is 0 Å². The van der Waals surface area contributed by atoms with Gasteiger partial charge in [-0.1, -0.05) is 54.6 Å². The second-order valence-corrected chi connectivity index (χ2v) is 8.27. The van der Waals surface area contributed by atoms with Crippen molar-refractivity contribution in [1.29, 1.82) is 0 Å². The summed E-state index contributed by atoms with van der Waals surface area (Å²) in [6, 6.07) is 24.0. The largest absolute Gasteiger partial charge is 0.453 e. The summed E-state index contributed by atoms with van der Waals surface area (Å²) in [6.45, 7) is -0.518. The third kappa shape index (κ3) is 5.81. The van der Waals surface area contributed by atoms with E-state index in [1.54, 1.807) is 98.8 Å². The second kappa shape index (κ2) is 11.7. The summed E-state index contributed by atoms with van der Waals surface area (Å²) in [5.74, 6) is -2.06. The van der Waals surface area contributed by atoms with Gasteiger partial charge >= 0.3 is 17.9 Å². The number of aliphatic hydroxyl groups is 1. The van der Waals surface area contributed by atoms with Crippen LogP contribution in [-0.4, -0.2) is 67.9 Å². The highest BCUT2D eigenvalue weighted by atomic mass is 16.6. The van der Waals surface area contributed by atoms with Crippen molar-refractivity contribution in [3.8, 4) is 0 Å². The molecule has 3 unspecified atom stereocenters. The minimum absolute atomic E-state index is 0.262. The van der Waals surface area contributed by atoms with E-state index in [-0.39, 0.29) is 11.1 Å². The predicted octanol–water partition coefficient (Wildman–Crippen LogP) is 2.01. The van der Waals surface area contributed by atoms with Gasteiger partial charge in [-0.05, 0) is 36.4 Å². The SMILES string of the molecule is B[C@H]1OC(CO)[C@@H](OC(=O)c2ccccc2)C(OC(=O)c2ccccc2)C1OC(=O)c1ccccc1. The van der Waals surface area contributed by atoms with E-state index in [4.69, 9.17) is 18.9 Å². The molecule has 0 bridgehead atoms. The van der Waals surface area contributed by atoms with Gasteiger partial charge in [-0.2, -0.15) is 0 Å². The number of hydrogen-bond acceptors (Lipinski definition) is 8. The first-order chi connectivity index (χ1) is 17.5. The molecule has 3 aromatic rings. The van der Waals surface area contributed by atoms with Crippen LogP contribution in [0.2, 0.25) is 0 Å². The third-order valence-corrected chi connectivity index (χ3v) is 5.80. The summed E-state index contributed by atoms with van der Waals surface area (Å²) in [6.07, 6.45) is -4.64. The average Bonchev–Trinajstić information content (AvgIpc) is 2.93. The molecule has 1 heterocycles. The molecule has 4 rings (SSSR count). The number of rotatable bonds is 7. The Morgan fingerprint density at radius 3 is 1.39 bits per heavy atom. The molecule has 0 radical (unpaired) electrons. The molecule has 0 saturated carbocycles. The monoisotopic (exact) mass is 488 g/mol. The quantitative estimate of drug-likeness (QED) is 0.306. The zero-order valence-electron chi connectivity index (χ0n) is 19.6. The predicted molar refractivity (Wildman–Crippen MR) is 131 cm³/mol. The van der Waals surface area contributed by atoms with E-state index < -0.39 is 54.9 Å². The molecule has 0 amide bonds. The maximum absolute atomic E-state index is 13.0. The van der Waals surface area contributed by atoms with Gasteiger partial charge in [-0.15, -0.1) is 0 Å². The highest BCUT2D eigenvalue weighted by Gasteiger charge is 2.50. The molecule has 184 valence electrons. The van der Waals surface area contributed by atoms with E-state index in [9.17, 15) is 19.5 Å². The number of esters is 3. The number of hydrogen-bond donors (Lipinski definition) is 1. The van der Waals surface area contributed by atoms with Crippen molar-refractivity contribution in [2.45, 2.75) is 30.4 Å². The van der Waals surface area contributed by atoms with Gasteiger partial charge in [0.25, 0.3) is 0 Å². The molecule has 0 spiro atoms. The number of benzene rings is 3. The Hall–Kier alpha value is -3.95. The van der Waals surface area contributed by atoms with Crippen molar-refractivity contribution < 1.29 is 38.4 Å². The number of ether oxygens (including phenoxy) is 4. The van der Waals surface area contributed by atoms with E-state index in [0.29, 0.717) is 5.56 Å². The van der Waals surface area contributed by atoms with Crippen LogP contribution in [0.3, 0.4) is 0 Å². The van der Waals surface area contributed by atoms with Crippen molar-refractivity contribution in [1.82, 2.24) is 0 Å². The molecule has 0 aliphatic carbocycles. The van der Waals surface area contributed by atoms with Crippen molar-refractivity contribution in [3.05, 3.63) is 108 Å². The highest BCUT2D eigenvalue weighted by molar-refractivity contribution is 6.11. The lowest BCUT2D eigenvalue weighted by Gasteiger charge is -2.43.